The van der Waals surface area contributed by atoms with E-state index < -0.39 is 10.0 Å². The Morgan fingerprint density at radius 1 is 1.23 bits per heavy atom. The minimum Gasteiger partial charge on any atom is -0.473 e. The molecular weight excluding hydrogens is 404 g/mol. The van der Waals surface area contributed by atoms with Gasteiger partial charge in [-0.1, -0.05) is 6.92 Å². The number of carbonyl (C=O) groups is 1. The van der Waals surface area contributed by atoms with Crippen molar-refractivity contribution >= 4 is 21.6 Å². The Balaban J connectivity index is 1.76. The number of nitrogens with zero attached hydrogens (tertiary/aromatic N) is 3. The van der Waals surface area contributed by atoms with E-state index in [9.17, 15) is 13.2 Å². The van der Waals surface area contributed by atoms with E-state index in [1.54, 1.807) is 45.0 Å². The van der Waals surface area contributed by atoms with Crippen molar-refractivity contribution in [2.24, 2.45) is 0 Å². The van der Waals surface area contributed by atoms with Crippen molar-refractivity contribution in [3.63, 3.8) is 0 Å². The zero-order valence-electron chi connectivity index (χ0n) is 17.8. The minimum atomic E-state index is -3.68. The third-order valence-corrected chi connectivity index (χ3v) is 6.99. The Labute approximate surface area is 177 Å². The van der Waals surface area contributed by atoms with Crippen LogP contribution < -0.4 is 10.1 Å². The van der Waals surface area contributed by atoms with Crippen molar-refractivity contribution in [2.75, 3.05) is 18.4 Å². The summed E-state index contributed by atoms with van der Waals surface area (Å²) in [5.74, 6) is 0.976. The number of aryl methyl sites for hydroxylation is 3. The summed E-state index contributed by atoms with van der Waals surface area (Å²) in [6.45, 7) is 7.87. The van der Waals surface area contributed by atoms with Gasteiger partial charge in [0.05, 0.1) is 11.4 Å². The fourth-order valence-corrected chi connectivity index (χ4v) is 5.25. The van der Waals surface area contributed by atoms with Crippen LogP contribution in [0.4, 0.5) is 5.69 Å². The highest BCUT2D eigenvalue weighted by Gasteiger charge is 2.32. The number of benzene rings is 1. The molecule has 0 radical (unpaired) electrons. The molecule has 1 aromatic heterocycles. The number of hydrogen-bond donors (Lipinski definition) is 1. The SMILES string of the molecule is CCC(=O)Nc1ccc(S(=O)(=O)N2CCC[C@@H](Oc3cc(C)nc(C)n3)C2)c(C)c1. The Morgan fingerprint density at radius 2 is 2.00 bits per heavy atom. The molecule has 9 heteroatoms. The van der Waals surface area contributed by atoms with Crippen molar-refractivity contribution in [3.05, 3.63) is 41.3 Å². The van der Waals surface area contributed by atoms with Crippen molar-refractivity contribution in [1.82, 2.24) is 14.3 Å². The molecule has 0 saturated carbocycles. The monoisotopic (exact) mass is 432 g/mol. The normalized spacial score (nSPS) is 17.5. The number of amides is 1. The van der Waals surface area contributed by atoms with Crippen LogP contribution in [0.5, 0.6) is 5.88 Å². The third-order valence-electron chi connectivity index (χ3n) is 4.97. The number of nitrogens with one attached hydrogen (secondary N) is 1. The largest absolute Gasteiger partial charge is 0.473 e. The van der Waals surface area contributed by atoms with E-state index in [4.69, 9.17) is 4.74 Å². The number of ether oxygens (including phenoxy) is 1. The summed E-state index contributed by atoms with van der Waals surface area (Å²) in [5, 5.41) is 2.75. The van der Waals surface area contributed by atoms with Crippen LogP contribution in [0.3, 0.4) is 0 Å². The van der Waals surface area contributed by atoms with Gasteiger partial charge in [-0.3, -0.25) is 4.79 Å². The van der Waals surface area contributed by atoms with E-state index in [0.717, 1.165) is 12.1 Å². The zero-order chi connectivity index (χ0) is 21.9. The molecule has 1 saturated heterocycles. The Morgan fingerprint density at radius 3 is 2.67 bits per heavy atom. The molecule has 1 aliphatic rings. The molecule has 0 bridgehead atoms. The molecule has 1 aliphatic heterocycles. The standard InChI is InChI=1S/C21H28N4O4S/c1-5-20(26)24-17-8-9-19(14(2)11-17)30(27,28)25-10-6-7-18(13-25)29-21-12-15(3)22-16(4)23-21/h8-9,11-12,18H,5-7,10,13H2,1-4H3,(H,24,26)/t18-/m1/s1. The molecule has 162 valence electrons. The molecule has 0 unspecified atom stereocenters. The van der Waals surface area contributed by atoms with Gasteiger partial charge in [0.1, 0.15) is 11.9 Å². The Kier molecular flexibility index (Phi) is 6.72. The summed E-state index contributed by atoms with van der Waals surface area (Å²) in [6.07, 6.45) is 1.55. The molecule has 0 aliphatic carbocycles. The van der Waals surface area contributed by atoms with E-state index in [1.807, 2.05) is 6.92 Å². The van der Waals surface area contributed by atoms with Gasteiger partial charge in [-0.15, -0.1) is 0 Å². The summed E-state index contributed by atoms with van der Waals surface area (Å²) >= 11 is 0. The lowest BCUT2D eigenvalue weighted by Gasteiger charge is -2.32. The molecule has 8 nitrogen and oxygen atoms in total. The topological polar surface area (TPSA) is 101 Å². The van der Waals surface area contributed by atoms with Crippen LogP contribution in [0.2, 0.25) is 0 Å². The molecule has 0 spiro atoms. The second-order valence-electron chi connectivity index (χ2n) is 7.52. The van der Waals surface area contributed by atoms with Crippen LogP contribution >= 0.6 is 0 Å². The average Bonchev–Trinajstić information content (AvgIpc) is 2.67. The first-order valence-corrected chi connectivity index (χ1v) is 11.5. The molecule has 1 N–H and O–H groups in total. The first-order valence-electron chi connectivity index (χ1n) is 10.1. The summed E-state index contributed by atoms with van der Waals surface area (Å²) in [6, 6.07) is 6.62. The maximum absolute atomic E-state index is 13.3. The van der Waals surface area contributed by atoms with E-state index in [2.05, 4.69) is 15.3 Å². The van der Waals surface area contributed by atoms with E-state index in [1.165, 1.54) is 4.31 Å². The summed E-state index contributed by atoms with van der Waals surface area (Å²) in [7, 11) is -3.68. The van der Waals surface area contributed by atoms with Crippen LogP contribution in [0.25, 0.3) is 0 Å². The molecule has 1 fully saturated rings. The van der Waals surface area contributed by atoms with Gasteiger partial charge in [-0.05, 0) is 57.4 Å². The van der Waals surface area contributed by atoms with Crippen LogP contribution in [0, 0.1) is 20.8 Å². The van der Waals surface area contributed by atoms with E-state index in [0.29, 0.717) is 42.3 Å². The molecule has 2 aromatic rings. The number of rotatable bonds is 6. The molecule has 30 heavy (non-hydrogen) atoms. The molecule has 1 aromatic carbocycles. The highest BCUT2D eigenvalue weighted by molar-refractivity contribution is 7.89. The number of aromatic nitrogens is 2. The number of hydrogen-bond acceptors (Lipinski definition) is 6. The second kappa shape index (κ2) is 9.09. The molecule has 3 rings (SSSR count). The predicted molar refractivity (Wildman–Crippen MR) is 114 cm³/mol. The quantitative estimate of drug-likeness (QED) is 0.753. The Hall–Kier alpha value is -2.52. The first-order chi connectivity index (χ1) is 14.2. The molecular formula is C21H28N4O4S. The third kappa shape index (κ3) is 5.14. The van der Waals surface area contributed by atoms with Gasteiger partial charge in [0.15, 0.2) is 0 Å². The second-order valence-corrected chi connectivity index (χ2v) is 9.43. The first kappa shape index (κ1) is 22.2. The molecule has 1 amide bonds. The van der Waals surface area contributed by atoms with Crippen molar-refractivity contribution in [3.8, 4) is 5.88 Å². The van der Waals surface area contributed by atoms with Gasteiger partial charge in [0.25, 0.3) is 0 Å². The number of piperidine rings is 1. The van der Waals surface area contributed by atoms with Gasteiger partial charge in [0.2, 0.25) is 21.8 Å². The van der Waals surface area contributed by atoms with Crippen LogP contribution in [0.1, 0.15) is 43.3 Å². The van der Waals surface area contributed by atoms with Crippen molar-refractivity contribution < 1.29 is 17.9 Å². The number of sulfonamides is 1. The number of anilines is 1. The lowest BCUT2D eigenvalue weighted by Crippen LogP contribution is -2.44. The van der Waals surface area contributed by atoms with Gasteiger partial charge in [-0.25, -0.2) is 13.4 Å². The predicted octanol–water partition coefficient (Wildman–Crippen LogP) is 2.98. The highest BCUT2D eigenvalue weighted by atomic mass is 32.2. The summed E-state index contributed by atoms with van der Waals surface area (Å²) < 4.78 is 34.0. The van der Waals surface area contributed by atoms with Crippen molar-refractivity contribution in [1.29, 1.82) is 0 Å². The minimum absolute atomic E-state index is 0.115. The van der Waals surface area contributed by atoms with Gasteiger partial charge in [0, 0.05) is 30.4 Å². The zero-order valence-corrected chi connectivity index (χ0v) is 18.6. The average molecular weight is 433 g/mol. The fraction of sp³-hybridized carbons (Fsp3) is 0.476. The van der Waals surface area contributed by atoms with Gasteiger partial charge >= 0.3 is 0 Å². The maximum atomic E-state index is 13.3. The number of carbonyl (C=O) groups excluding carboxylic acids is 1. The highest BCUT2D eigenvalue weighted by Crippen LogP contribution is 2.27. The van der Waals surface area contributed by atoms with Gasteiger partial charge in [-0.2, -0.15) is 9.29 Å². The smallest absolute Gasteiger partial charge is 0.243 e. The van der Waals surface area contributed by atoms with Crippen molar-refractivity contribution in [2.45, 2.75) is 58.0 Å². The van der Waals surface area contributed by atoms with Crippen LogP contribution in [0.15, 0.2) is 29.2 Å². The molecule has 2 heterocycles. The lowest BCUT2D eigenvalue weighted by atomic mass is 10.1. The summed E-state index contributed by atoms with van der Waals surface area (Å²) in [4.78, 5) is 20.4. The maximum Gasteiger partial charge on any atom is 0.243 e. The van der Waals surface area contributed by atoms with E-state index >= 15 is 0 Å². The molecule has 1 atom stereocenters. The fourth-order valence-electron chi connectivity index (χ4n) is 3.54. The Bertz CT molecular complexity index is 1020. The van der Waals surface area contributed by atoms with Crippen LogP contribution in [-0.2, 0) is 14.8 Å². The van der Waals surface area contributed by atoms with E-state index in [-0.39, 0.29) is 23.5 Å². The lowest BCUT2D eigenvalue weighted by molar-refractivity contribution is -0.115. The summed E-state index contributed by atoms with van der Waals surface area (Å²) in [5.41, 5.74) is 1.99. The van der Waals surface area contributed by atoms with Crippen LogP contribution in [-0.4, -0.2) is 47.8 Å². The van der Waals surface area contributed by atoms with Gasteiger partial charge < -0.3 is 10.1 Å².